The van der Waals surface area contributed by atoms with Gasteiger partial charge >= 0.3 is 10.4 Å². The van der Waals surface area contributed by atoms with Crippen LogP contribution in [0.5, 0.6) is 0 Å². The molecule has 0 bridgehead atoms. The minimum Gasteiger partial charge on any atom is -0.394 e. The predicted molar refractivity (Wildman–Crippen MR) is 82.2 cm³/mol. The van der Waals surface area contributed by atoms with Crippen LogP contribution < -0.4 is 0 Å². The van der Waals surface area contributed by atoms with Gasteiger partial charge in [0.1, 0.15) is 34.9 Å². The molecule has 140 valence electrons. The summed E-state index contributed by atoms with van der Waals surface area (Å²) in [5, 5.41) is 50.8. The second-order valence-corrected chi connectivity index (χ2v) is 6.99. The monoisotopic (exact) mass is 389 g/mol. The maximum absolute atomic E-state index is 10.6. The highest BCUT2D eigenvalue weighted by atomic mass is 32.3. The van der Waals surface area contributed by atoms with Crippen LogP contribution in [0.2, 0.25) is 0 Å². The second-order valence-electron chi connectivity index (χ2n) is 4.81. The van der Waals surface area contributed by atoms with E-state index >= 15 is 0 Å². The Kier molecular flexibility index (Phi) is 8.04. The first-order valence-corrected chi connectivity index (χ1v) is 8.84. The van der Waals surface area contributed by atoms with Gasteiger partial charge in [-0.2, -0.15) is 8.42 Å². The number of hydrogen-bond acceptors (Lipinski definition) is 11. The highest BCUT2D eigenvalue weighted by Crippen LogP contribution is 2.30. The molecule has 13 heteroatoms. The van der Waals surface area contributed by atoms with E-state index in [9.17, 15) is 28.8 Å². The number of hydrogen-bond donors (Lipinski definition) is 6. The summed E-state index contributed by atoms with van der Waals surface area (Å²) in [5.41, 5.74) is -1.26. The molecule has 0 aliphatic carbocycles. The molecule has 1 saturated heterocycles. The number of nitrogens with zero attached hydrogens (tertiary/aromatic N) is 1. The quantitative estimate of drug-likeness (QED) is 0.0895. The van der Waals surface area contributed by atoms with Gasteiger partial charge in [-0.25, -0.2) is 4.28 Å². The fourth-order valence-electron chi connectivity index (χ4n) is 1.76. The van der Waals surface area contributed by atoms with Crippen molar-refractivity contribution in [2.45, 2.75) is 42.4 Å². The number of aliphatic hydroxyl groups is 5. The van der Waals surface area contributed by atoms with Crippen molar-refractivity contribution in [3.8, 4) is 0 Å². The Morgan fingerprint density at radius 2 is 1.96 bits per heavy atom. The van der Waals surface area contributed by atoms with Crippen LogP contribution >= 0.6 is 11.8 Å². The van der Waals surface area contributed by atoms with E-state index in [1.807, 2.05) is 0 Å². The van der Waals surface area contributed by atoms with Gasteiger partial charge in [0, 0.05) is 6.42 Å². The molecule has 0 saturated carbocycles. The molecular formula is C11H19NO10S2. The average Bonchev–Trinajstić information content (AvgIpc) is 2.52. The Morgan fingerprint density at radius 3 is 2.46 bits per heavy atom. The number of ether oxygens (including phenoxy) is 1. The van der Waals surface area contributed by atoms with Gasteiger partial charge in [0.2, 0.25) is 0 Å². The van der Waals surface area contributed by atoms with Gasteiger partial charge in [0.15, 0.2) is 0 Å². The average molecular weight is 389 g/mol. The van der Waals surface area contributed by atoms with Crippen LogP contribution in [0.25, 0.3) is 0 Å². The van der Waals surface area contributed by atoms with Crippen molar-refractivity contribution >= 4 is 27.2 Å². The molecule has 6 atom stereocenters. The van der Waals surface area contributed by atoms with Crippen LogP contribution in [0, 0.1) is 0 Å². The molecule has 1 fully saturated rings. The fraction of sp³-hybridized carbons (Fsp3) is 0.727. The third-order valence-corrected chi connectivity index (χ3v) is 4.39. The van der Waals surface area contributed by atoms with Gasteiger partial charge < -0.3 is 30.3 Å². The highest BCUT2D eigenvalue weighted by Gasteiger charge is 2.44. The molecular weight excluding hydrogens is 370 g/mol. The molecule has 0 aromatic heterocycles. The van der Waals surface area contributed by atoms with Gasteiger partial charge in [-0.05, 0) is 0 Å². The summed E-state index contributed by atoms with van der Waals surface area (Å²) in [5.74, 6) is 0. The van der Waals surface area contributed by atoms with Crippen molar-refractivity contribution in [2.24, 2.45) is 5.16 Å². The zero-order valence-corrected chi connectivity index (χ0v) is 13.9. The molecule has 0 amide bonds. The summed E-state index contributed by atoms with van der Waals surface area (Å²) in [4.78, 5) is 0. The lowest BCUT2D eigenvalue weighted by Crippen LogP contribution is -2.57. The van der Waals surface area contributed by atoms with E-state index in [1.54, 1.807) is 0 Å². The van der Waals surface area contributed by atoms with Gasteiger partial charge in [-0.3, -0.25) is 4.55 Å². The Balaban J connectivity index is 2.92. The maximum atomic E-state index is 10.6. The molecule has 0 spiro atoms. The summed E-state index contributed by atoms with van der Waals surface area (Å²) in [6.07, 6.45) is -6.29. The van der Waals surface area contributed by atoms with Crippen molar-refractivity contribution in [3.05, 3.63) is 12.7 Å². The van der Waals surface area contributed by atoms with E-state index in [1.165, 1.54) is 0 Å². The van der Waals surface area contributed by atoms with Crippen molar-refractivity contribution in [2.75, 3.05) is 6.61 Å². The van der Waals surface area contributed by atoms with E-state index in [2.05, 4.69) is 16.0 Å². The lowest BCUT2D eigenvalue weighted by atomic mass is 10.0. The van der Waals surface area contributed by atoms with Gasteiger partial charge in [-0.15, -0.1) is 6.58 Å². The van der Waals surface area contributed by atoms with Crippen molar-refractivity contribution in [1.29, 1.82) is 0 Å². The summed E-state index contributed by atoms with van der Waals surface area (Å²) in [6.45, 7) is 2.67. The van der Waals surface area contributed by atoms with E-state index in [0.717, 1.165) is 6.08 Å². The third-order valence-electron chi connectivity index (χ3n) is 2.99. The molecule has 24 heavy (non-hydrogen) atoms. The molecule has 11 nitrogen and oxygen atoms in total. The first kappa shape index (κ1) is 21.3. The van der Waals surface area contributed by atoms with Gasteiger partial charge in [-0.1, -0.05) is 23.0 Å². The number of oxime groups is 1. The predicted octanol–water partition coefficient (Wildman–Crippen LogP) is -2.41. The SMILES string of the molecule is C=C[C@@H](O)C/C(=N\OS(=O)(=O)O)SC1OC(CO)C(O)C(O)C1O. The molecule has 6 N–H and O–H groups in total. The summed E-state index contributed by atoms with van der Waals surface area (Å²) in [6, 6.07) is 0. The van der Waals surface area contributed by atoms with Gasteiger partial charge in [0.25, 0.3) is 0 Å². The van der Waals surface area contributed by atoms with Gasteiger partial charge in [0.05, 0.1) is 12.7 Å². The Morgan fingerprint density at radius 1 is 1.33 bits per heavy atom. The molecule has 1 aliphatic heterocycles. The van der Waals surface area contributed by atoms with Crippen LogP contribution in [0.4, 0.5) is 0 Å². The number of rotatable bonds is 7. The largest absolute Gasteiger partial charge is 0.466 e. The number of thioether (sulfide) groups is 1. The van der Waals surface area contributed by atoms with Crippen LogP contribution in [0.3, 0.4) is 0 Å². The lowest BCUT2D eigenvalue weighted by Gasteiger charge is -2.39. The molecule has 5 unspecified atom stereocenters. The Bertz CT molecular complexity index is 551. The molecule has 0 aromatic carbocycles. The topological polar surface area (TPSA) is 186 Å². The molecule has 0 aromatic rings. The normalized spacial score (nSPS) is 33.1. The van der Waals surface area contributed by atoms with Crippen LogP contribution in [-0.2, 0) is 19.4 Å². The first-order valence-electron chi connectivity index (χ1n) is 6.59. The summed E-state index contributed by atoms with van der Waals surface area (Å²) in [7, 11) is -4.89. The van der Waals surface area contributed by atoms with E-state index in [4.69, 9.17) is 14.4 Å². The Hall–Kier alpha value is -0.770. The molecule has 1 aliphatic rings. The number of aliphatic hydroxyl groups excluding tert-OH is 5. The first-order chi connectivity index (χ1) is 11.1. The fourth-order valence-corrected chi connectivity index (χ4v) is 3.10. The Labute approximate surface area is 142 Å². The minimum absolute atomic E-state index is 0.218. The molecule has 1 rings (SSSR count). The highest BCUT2D eigenvalue weighted by molar-refractivity contribution is 8.14. The minimum atomic E-state index is -4.89. The van der Waals surface area contributed by atoms with Crippen LogP contribution in [0.1, 0.15) is 6.42 Å². The lowest BCUT2D eigenvalue weighted by molar-refractivity contribution is -0.205. The maximum Gasteiger partial charge on any atom is 0.466 e. The molecule has 0 radical (unpaired) electrons. The standard InChI is InChI=1S/C11H19NO10S2/c1-2-5(14)3-7(12-22-24(18,19)20)23-11-10(17)9(16)8(15)6(4-13)21-11/h2,5-6,8-11,13-17H,1,3-4H2,(H,18,19,20)/b12-7+/t5-,6?,8?,9?,10?,11?/m1/s1. The smallest absolute Gasteiger partial charge is 0.394 e. The molecule has 1 heterocycles. The second kappa shape index (κ2) is 9.07. The van der Waals surface area contributed by atoms with Crippen molar-refractivity contribution < 1.29 is 47.5 Å². The zero-order chi connectivity index (χ0) is 18.5. The van der Waals surface area contributed by atoms with E-state index in [0.29, 0.717) is 11.8 Å². The summed E-state index contributed by atoms with van der Waals surface area (Å²) < 4.78 is 38.8. The van der Waals surface area contributed by atoms with E-state index in [-0.39, 0.29) is 11.5 Å². The van der Waals surface area contributed by atoms with Crippen molar-refractivity contribution in [1.82, 2.24) is 0 Å². The van der Waals surface area contributed by atoms with Crippen molar-refractivity contribution in [3.63, 3.8) is 0 Å². The van der Waals surface area contributed by atoms with Crippen LogP contribution in [-0.4, -0.2) is 86.1 Å². The third kappa shape index (κ3) is 6.27. The van der Waals surface area contributed by atoms with E-state index < -0.39 is 53.0 Å². The summed E-state index contributed by atoms with van der Waals surface area (Å²) >= 11 is 0.570. The van der Waals surface area contributed by atoms with Crippen LogP contribution in [0.15, 0.2) is 17.8 Å². The zero-order valence-electron chi connectivity index (χ0n) is 12.2.